The highest BCUT2D eigenvalue weighted by molar-refractivity contribution is 7.07. The third-order valence-corrected chi connectivity index (χ3v) is 7.79. The molecule has 2 aliphatic rings. The van der Waals surface area contributed by atoms with Gasteiger partial charge in [-0.15, -0.1) is 0 Å². The van der Waals surface area contributed by atoms with Gasteiger partial charge in [-0.2, -0.15) is 0 Å². The molecule has 0 saturated heterocycles. The van der Waals surface area contributed by atoms with E-state index in [-0.39, 0.29) is 17.4 Å². The van der Waals surface area contributed by atoms with Gasteiger partial charge in [-0.25, -0.2) is 4.99 Å². The maximum Gasteiger partial charge on any atom is 0.271 e. The standard InChI is InChI=1S/C29H24N2O4S/c1-34-23-10-6-5-9-20(23)27-21-13-12-18-7-3-4-8-19(18)26(21)30-29-31(27)28(33)25(36-29)16-17-11-14-22(32)24(15-17)35-2/h3-11,14-16,27,32H,12-13H2,1-2H3/t27-/m1/s1. The zero-order chi connectivity index (χ0) is 24.8. The fourth-order valence-corrected chi connectivity index (χ4v) is 6.13. The summed E-state index contributed by atoms with van der Waals surface area (Å²) in [4.78, 5) is 19.6. The summed E-state index contributed by atoms with van der Waals surface area (Å²) in [6, 6.07) is 21.0. The van der Waals surface area contributed by atoms with Crippen LogP contribution in [0.15, 0.2) is 82.1 Å². The molecular weight excluding hydrogens is 472 g/mol. The Balaban J connectivity index is 1.62. The molecule has 6 rings (SSSR count). The Morgan fingerprint density at radius 3 is 2.61 bits per heavy atom. The minimum Gasteiger partial charge on any atom is -0.504 e. The molecule has 1 aliphatic carbocycles. The van der Waals surface area contributed by atoms with Crippen molar-refractivity contribution < 1.29 is 14.6 Å². The molecule has 36 heavy (non-hydrogen) atoms. The van der Waals surface area contributed by atoms with E-state index in [1.165, 1.54) is 24.0 Å². The fraction of sp³-hybridized carbons (Fsp3) is 0.172. The van der Waals surface area contributed by atoms with Crippen LogP contribution < -0.4 is 24.4 Å². The Kier molecular flexibility index (Phi) is 5.49. The first-order valence-corrected chi connectivity index (χ1v) is 12.5. The molecule has 0 amide bonds. The summed E-state index contributed by atoms with van der Waals surface area (Å²) < 4.78 is 13.3. The first-order chi connectivity index (χ1) is 17.6. The van der Waals surface area contributed by atoms with Gasteiger partial charge < -0.3 is 14.6 Å². The van der Waals surface area contributed by atoms with Crippen LogP contribution >= 0.6 is 11.3 Å². The van der Waals surface area contributed by atoms with Crippen molar-refractivity contribution >= 4 is 23.1 Å². The number of thiazole rings is 1. The molecule has 0 unspecified atom stereocenters. The van der Waals surface area contributed by atoms with Crippen molar-refractivity contribution in [2.24, 2.45) is 4.99 Å². The van der Waals surface area contributed by atoms with Crippen molar-refractivity contribution in [1.82, 2.24) is 4.57 Å². The van der Waals surface area contributed by atoms with E-state index in [0.717, 1.165) is 46.6 Å². The maximum atomic E-state index is 13.9. The lowest BCUT2D eigenvalue weighted by Gasteiger charge is -2.31. The lowest BCUT2D eigenvalue weighted by molar-refractivity contribution is 0.373. The highest BCUT2D eigenvalue weighted by atomic mass is 32.1. The molecule has 3 aromatic carbocycles. The van der Waals surface area contributed by atoms with E-state index >= 15 is 0 Å². The lowest BCUT2D eigenvalue weighted by Crippen LogP contribution is -2.38. The van der Waals surface area contributed by atoms with E-state index in [0.29, 0.717) is 15.1 Å². The van der Waals surface area contributed by atoms with Crippen LogP contribution in [0.3, 0.4) is 0 Å². The van der Waals surface area contributed by atoms with Gasteiger partial charge in [0.15, 0.2) is 16.3 Å². The summed E-state index contributed by atoms with van der Waals surface area (Å²) >= 11 is 1.37. The largest absolute Gasteiger partial charge is 0.504 e. The number of nitrogens with zero attached hydrogens (tertiary/aromatic N) is 2. The molecule has 0 spiro atoms. The number of aryl methyl sites for hydroxylation is 1. The summed E-state index contributed by atoms with van der Waals surface area (Å²) in [5.41, 5.74) is 6.08. The van der Waals surface area contributed by atoms with Crippen molar-refractivity contribution in [2.75, 3.05) is 14.2 Å². The Bertz CT molecular complexity index is 1710. The number of phenols is 1. The second-order valence-corrected chi connectivity index (χ2v) is 9.80. The molecule has 1 aliphatic heterocycles. The number of rotatable bonds is 4. The fourth-order valence-electron chi connectivity index (χ4n) is 5.13. The maximum absolute atomic E-state index is 13.9. The molecular formula is C29H24N2O4S. The second-order valence-electron chi connectivity index (χ2n) is 8.79. The third kappa shape index (κ3) is 3.55. The van der Waals surface area contributed by atoms with E-state index in [1.54, 1.807) is 29.9 Å². The molecule has 180 valence electrons. The normalized spacial score (nSPS) is 16.6. The average Bonchev–Trinajstić information content (AvgIpc) is 3.22. The Hall–Kier alpha value is -4.10. The van der Waals surface area contributed by atoms with Gasteiger partial charge in [0.1, 0.15) is 5.75 Å². The molecule has 6 nitrogen and oxygen atoms in total. The minimum absolute atomic E-state index is 0.0543. The van der Waals surface area contributed by atoms with Crippen LogP contribution in [-0.4, -0.2) is 23.9 Å². The van der Waals surface area contributed by atoms with Crippen molar-refractivity contribution in [2.45, 2.75) is 18.9 Å². The smallest absolute Gasteiger partial charge is 0.271 e. The molecule has 0 bridgehead atoms. The summed E-state index contributed by atoms with van der Waals surface area (Å²) in [7, 11) is 3.16. The van der Waals surface area contributed by atoms with E-state index in [9.17, 15) is 9.90 Å². The lowest BCUT2D eigenvalue weighted by atomic mass is 9.83. The van der Waals surface area contributed by atoms with Crippen LogP contribution in [0, 0.1) is 0 Å². The topological polar surface area (TPSA) is 73.0 Å². The van der Waals surface area contributed by atoms with Gasteiger partial charge >= 0.3 is 0 Å². The molecule has 1 atom stereocenters. The number of ether oxygens (including phenoxy) is 2. The number of aromatic nitrogens is 1. The molecule has 0 fully saturated rings. The minimum atomic E-state index is -0.308. The van der Waals surface area contributed by atoms with Crippen LogP contribution in [0.1, 0.15) is 34.7 Å². The third-order valence-electron chi connectivity index (χ3n) is 6.81. The molecule has 1 aromatic heterocycles. The Morgan fingerprint density at radius 2 is 1.78 bits per heavy atom. The van der Waals surface area contributed by atoms with E-state index in [2.05, 4.69) is 18.2 Å². The quantitative estimate of drug-likeness (QED) is 0.463. The second kappa shape index (κ2) is 8.84. The van der Waals surface area contributed by atoms with Crippen molar-refractivity contribution in [1.29, 1.82) is 0 Å². The number of methoxy groups -OCH3 is 2. The monoisotopic (exact) mass is 496 g/mol. The summed E-state index contributed by atoms with van der Waals surface area (Å²) in [5, 5.41) is 9.96. The van der Waals surface area contributed by atoms with E-state index in [1.807, 2.05) is 36.4 Å². The molecule has 7 heteroatoms. The number of hydrogen-bond donors (Lipinski definition) is 1. The number of fused-ring (bicyclic) bond motifs is 3. The van der Waals surface area contributed by atoms with Crippen LogP contribution in [0.2, 0.25) is 0 Å². The van der Waals surface area contributed by atoms with Gasteiger partial charge in [0.25, 0.3) is 5.56 Å². The first kappa shape index (κ1) is 22.4. The molecule has 0 saturated carbocycles. The van der Waals surface area contributed by atoms with Gasteiger partial charge in [0.2, 0.25) is 0 Å². The van der Waals surface area contributed by atoms with Crippen LogP contribution in [-0.2, 0) is 6.42 Å². The first-order valence-electron chi connectivity index (χ1n) is 11.7. The average molecular weight is 497 g/mol. The van der Waals surface area contributed by atoms with Gasteiger partial charge in [-0.05, 0) is 53.8 Å². The molecule has 1 N–H and O–H groups in total. The van der Waals surface area contributed by atoms with Crippen LogP contribution in [0.5, 0.6) is 17.2 Å². The van der Waals surface area contributed by atoms with Gasteiger partial charge in [-0.3, -0.25) is 9.36 Å². The van der Waals surface area contributed by atoms with E-state index < -0.39 is 0 Å². The van der Waals surface area contributed by atoms with Crippen LogP contribution in [0.4, 0.5) is 0 Å². The summed E-state index contributed by atoms with van der Waals surface area (Å²) in [5.74, 6) is 1.15. The summed E-state index contributed by atoms with van der Waals surface area (Å²) in [6.07, 6.45) is 3.53. The predicted octanol–water partition coefficient (Wildman–Crippen LogP) is 4.04. The van der Waals surface area contributed by atoms with Gasteiger partial charge in [0.05, 0.1) is 30.5 Å². The molecule has 4 aromatic rings. The van der Waals surface area contributed by atoms with E-state index in [4.69, 9.17) is 14.5 Å². The Labute approximate surface area is 211 Å². The van der Waals surface area contributed by atoms with Gasteiger partial charge in [0, 0.05) is 11.1 Å². The molecule has 2 heterocycles. The number of allylic oxidation sites excluding steroid dienone is 1. The zero-order valence-corrected chi connectivity index (χ0v) is 20.7. The zero-order valence-electron chi connectivity index (χ0n) is 19.9. The SMILES string of the molecule is COc1cc(C=c2sc3n(c2=O)[C@H](c2ccccc2OC)C2=C(N=3)c3ccccc3CC2)ccc1O. The number of benzene rings is 3. The predicted molar refractivity (Wildman–Crippen MR) is 140 cm³/mol. The van der Waals surface area contributed by atoms with Crippen molar-refractivity contribution in [3.63, 3.8) is 0 Å². The number of aromatic hydroxyl groups is 1. The highest BCUT2D eigenvalue weighted by Gasteiger charge is 2.33. The number of para-hydroxylation sites is 1. The summed E-state index contributed by atoms with van der Waals surface area (Å²) in [6.45, 7) is 0. The van der Waals surface area contributed by atoms with Crippen molar-refractivity contribution in [3.05, 3.63) is 114 Å². The number of phenolic OH excluding ortho intramolecular Hbond substituents is 1. The number of hydrogen-bond acceptors (Lipinski definition) is 6. The Morgan fingerprint density at radius 1 is 1.00 bits per heavy atom. The van der Waals surface area contributed by atoms with Crippen molar-refractivity contribution in [3.8, 4) is 17.2 Å². The van der Waals surface area contributed by atoms with Crippen LogP contribution in [0.25, 0.3) is 11.8 Å². The highest BCUT2D eigenvalue weighted by Crippen LogP contribution is 2.43. The molecule has 0 radical (unpaired) electrons. The van der Waals surface area contributed by atoms with Gasteiger partial charge in [-0.1, -0.05) is 59.9 Å².